The van der Waals surface area contributed by atoms with Gasteiger partial charge in [0, 0.05) is 0 Å². The van der Waals surface area contributed by atoms with E-state index in [9.17, 15) is 35.4 Å². The molecule has 6 N–H and O–H groups in total. The third-order valence-electron chi connectivity index (χ3n) is 5.39. The molecule has 33 heavy (non-hydrogen) atoms. The fraction of sp³-hybridized carbons (Fsp3) is 0.542. The predicted octanol–water partition coefficient (Wildman–Crippen LogP) is 1.00. The molecule has 2 unspecified atom stereocenters. The van der Waals surface area contributed by atoms with Gasteiger partial charge in [-0.1, -0.05) is 23.3 Å². The van der Waals surface area contributed by atoms with Crippen LogP contribution in [0.15, 0.2) is 35.4 Å². The zero-order valence-electron chi connectivity index (χ0n) is 19.3. The molecule has 1 aromatic rings. The summed E-state index contributed by atoms with van der Waals surface area (Å²) in [7, 11) is 0. The number of hydrogen-bond donors (Lipinski definition) is 6. The van der Waals surface area contributed by atoms with Crippen LogP contribution in [0.25, 0.3) is 0 Å². The first-order chi connectivity index (χ1) is 15.5. The molecule has 0 spiro atoms. The summed E-state index contributed by atoms with van der Waals surface area (Å²) >= 11 is 0. The molecule has 1 heterocycles. The van der Waals surface area contributed by atoms with Gasteiger partial charge in [0.15, 0.2) is 6.10 Å². The van der Waals surface area contributed by atoms with Crippen molar-refractivity contribution >= 4 is 5.97 Å². The van der Waals surface area contributed by atoms with Crippen molar-refractivity contribution in [2.45, 2.75) is 77.3 Å². The summed E-state index contributed by atoms with van der Waals surface area (Å²) in [5, 5.41) is 59.6. The number of hydrogen-bond acceptors (Lipinski definition) is 8. The molecular formula is C24H34O9. The van der Waals surface area contributed by atoms with Crippen LogP contribution in [0.1, 0.15) is 50.5 Å². The van der Waals surface area contributed by atoms with Crippen molar-refractivity contribution in [3.63, 3.8) is 0 Å². The minimum atomic E-state index is -1.74. The van der Waals surface area contributed by atoms with Gasteiger partial charge in [0.1, 0.15) is 30.2 Å². The molecular weight excluding hydrogens is 432 g/mol. The van der Waals surface area contributed by atoms with Gasteiger partial charge in [-0.05, 0) is 69.4 Å². The van der Waals surface area contributed by atoms with Crippen LogP contribution in [0.2, 0.25) is 0 Å². The van der Waals surface area contributed by atoms with Gasteiger partial charge >= 0.3 is 5.97 Å². The molecule has 0 radical (unpaired) electrons. The number of carboxylic acids is 1. The van der Waals surface area contributed by atoms with Gasteiger partial charge < -0.3 is 40.1 Å². The minimum Gasteiger partial charge on any atom is -0.479 e. The molecule has 0 saturated carbocycles. The first-order valence-electron chi connectivity index (χ1n) is 10.8. The number of benzene rings is 1. The van der Waals surface area contributed by atoms with Gasteiger partial charge in [-0.3, -0.25) is 0 Å². The van der Waals surface area contributed by atoms with Gasteiger partial charge in [-0.15, -0.1) is 0 Å². The Morgan fingerprint density at radius 1 is 1.00 bits per heavy atom. The highest BCUT2D eigenvalue weighted by molar-refractivity contribution is 5.75. The van der Waals surface area contributed by atoms with Gasteiger partial charge in [0.05, 0.1) is 6.61 Å². The second kappa shape index (κ2) is 11.7. The van der Waals surface area contributed by atoms with Crippen LogP contribution in [-0.4, -0.2) is 73.9 Å². The van der Waals surface area contributed by atoms with E-state index >= 15 is 0 Å². The molecule has 0 amide bonds. The Bertz CT molecular complexity index is 841. The van der Waals surface area contributed by atoms with E-state index in [1.807, 2.05) is 39.8 Å². The van der Waals surface area contributed by atoms with Gasteiger partial charge in [0.25, 0.3) is 0 Å². The fourth-order valence-electron chi connectivity index (χ4n) is 3.55. The molecule has 1 aliphatic rings. The number of rotatable bonds is 9. The van der Waals surface area contributed by atoms with Crippen molar-refractivity contribution in [1.82, 2.24) is 0 Å². The van der Waals surface area contributed by atoms with E-state index < -0.39 is 49.4 Å². The van der Waals surface area contributed by atoms with E-state index in [0.29, 0.717) is 24.0 Å². The highest BCUT2D eigenvalue weighted by Gasteiger charge is 2.44. The number of aliphatic carboxylic acids is 1. The zero-order chi connectivity index (χ0) is 24.9. The topological polar surface area (TPSA) is 157 Å². The third kappa shape index (κ3) is 6.86. The summed E-state index contributed by atoms with van der Waals surface area (Å²) in [4.78, 5) is 11.6. The number of carbonyl (C=O) groups is 1. The smallest absolute Gasteiger partial charge is 0.337 e. The van der Waals surface area contributed by atoms with Crippen LogP contribution < -0.4 is 4.74 Å². The molecule has 1 aromatic carbocycles. The summed E-state index contributed by atoms with van der Waals surface area (Å²) in [5.74, 6) is -1.16. The van der Waals surface area contributed by atoms with Crippen LogP contribution >= 0.6 is 0 Å². The largest absolute Gasteiger partial charge is 0.479 e. The fourth-order valence-corrected chi connectivity index (χ4v) is 3.55. The monoisotopic (exact) mass is 466 g/mol. The van der Waals surface area contributed by atoms with Crippen LogP contribution in [0.3, 0.4) is 0 Å². The maximum absolute atomic E-state index is 11.6. The van der Waals surface area contributed by atoms with Crippen LogP contribution in [0.4, 0.5) is 0 Å². The lowest BCUT2D eigenvalue weighted by Gasteiger charge is -2.39. The SMILES string of the molecule is CC(C)=CCc1cc(OC2O[C@H](CO)[C@@H](O)[C@H](O)[C@H]2O)cc(CC=C(C)C)c1C(O)C(=O)O. The van der Waals surface area contributed by atoms with E-state index in [1.54, 1.807) is 12.1 Å². The first-order valence-corrected chi connectivity index (χ1v) is 10.8. The van der Waals surface area contributed by atoms with Crippen LogP contribution in [0.5, 0.6) is 5.75 Å². The van der Waals surface area contributed by atoms with Crippen LogP contribution in [-0.2, 0) is 22.4 Å². The summed E-state index contributed by atoms with van der Waals surface area (Å²) in [5.41, 5.74) is 3.29. The molecule has 1 fully saturated rings. The molecule has 6 atom stereocenters. The Labute approximate surface area is 193 Å². The van der Waals surface area contributed by atoms with Gasteiger partial charge in [0.2, 0.25) is 6.29 Å². The Balaban J connectivity index is 2.54. The highest BCUT2D eigenvalue weighted by Crippen LogP contribution is 2.32. The molecule has 0 aliphatic carbocycles. The number of allylic oxidation sites excluding steroid dienone is 4. The zero-order valence-corrected chi connectivity index (χ0v) is 19.3. The van der Waals surface area contributed by atoms with Crippen molar-refractivity contribution in [2.75, 3.05) is 6.61 Å². The normalized spacial score (nSPS) is 25.8. The second-order valence-electron chi connectivity index (χ2n) is 8.68. The summed E-state index contributed by atoms with van der Waals surface area (Å²) < 4.78 is 11.2. The summed E-state index contributed by atoms with van der Waals surface area (Å²) in [6.45, 7) is 6.99. The summed E-state index contributed by atoms with van der Waals surface area (Å²) in [6, 6.07) is 3.10. The van der Waals surface area contributed by atoms with Gasteiger partial charge in [-0.25, -0.2) is 4.79 Å². The molecule has 9 nitrogen and oxygen atoms in total. The Morgan fingerprint density at radius 3 is 1.94 bits per heavy atom. The third-order valence-corrected chi connectivity index (χ3v) is 5.39. The summed E-state index contributed by atoms with van der Waals surface area (Å²) in [6.07, 6.45) is -4.53. The van der Waals surface area contributed by atoms with Gasteiger partial charge in [-0.2, -0.15) is 0 Å². The number of aliphatic hydroxyl groups excluding tert-OH is 5. The number of aliphatic hydroxyl groups is 5. The Kier molecular flexibility index (Phi) is 9.59. The lowest BCUT2D eigenvalue weighted by molar-refractivity contribution is -0.277. The average molecular weight is 467 g/mol. The molecule has 2 rings (SSSR count). The predicted molar refractivity (Wildman–Crippen MR) is 120 cm³/mol. The van der Waals surface area contributed by atoms with Crippen LogP contribution in [0, 0.1) is 0 Å². The molecule has 1 aliphatic heterocycles. The maximum Gasteiger partial charge on any atom is 0.337 e. The number of carboxylic acid groups (broad SMARTS) is 1. The average Bonchev–Trinajstić information content (AvgIpc) is 2.75. The molecule has 0 bridgehead atoms. The molecule has 9 heteroatoms. The van der Waals surface area contributed by atoms with Crippen molar-refractivity contribution in [2.24, 2.45) is 0 Å². The second-order valence-corrected chi connectivity index (χ2v) is 8.68. The van der Waals surface area contributed by atoms with E-state index in [2.05, 4.69) is 0 Å². The quantitative estimate of drug-likeness (QED) is 0.292. The molecule has 1 saturated heterocycles. The standard InChI is InChI=1S/C24H34O9/c1-12(2)5-7-14-9-16(32-24-22(29)21(28)19(26)17(11-25)33-24)10-15(8-6-13(3)4)18(14)20(27)23(30)31/h5-6,9-10,17,19-22,24-29H,7-8,11H2,1-4H3,(H,30,31)/t17-,19-,20?,21+,22-,24?/m1/s1. The van der Waals surface area contributed by atoms with E-state index in [0.717, 1.165) is 11.1 Å². The lowest BCUT2D eigenvalue weighted by atomic mass is 9.91. The molecule has 184 valence electrons. The minimum absolute atomic E-state index is 0.218. The highest BCUT2D eigenvalue weighted by atomic mass is 16.7. The number of ether oxygens (including phenoxy) is 2. The van der Waals surface area contributed by atoms with Crippen molar-refractivity contribution < 1.29 is 44.9 Å². The Morgan fingerprint density at radius 2 is 1.52 bits per heavy atom. The van der Waals surface area contributed by atoms with Crippen molar-refractivity contribution in [3.05, 3.63) is 52.1 Å². The van der Waals surface area contributed by atoms with E-state index in [1.165, 1.54) is 0 Å². The van der Waals surface area contributed by atoms with E-state index in [4.69, 9.17) is 9.47 Å². The first kappa shape index (κ1) is 27.0. The Hall–Kier alpha value is -2.27. The maximum atomic E-state index is 11.6. The van der Waals surface area contributed by atoms with Crippen molar-refractivity contribution in [3.8, 4) is 5.75 Å². The van der Waals surface area contributed by atoms with E-state index in [-0.39, 0.29) is 11.3 Å². The van der Waals surface area contributed by atoms with Crippen molar-refractivity contribution in [1.29, 1.82) is 0 Å². The lowest BCUT2D eigenvalue weighted by Crippen LogP contribution is -2.60. The molecule has 0 aromatic heterocycles.